The van der Waals surface area contributed by atoms with Crippen LogP contribution in [0.25, 0.3) is 5.69 Å². The van der Waals surface area contributed by atoms with Crippen LogP contribution in [0.1, 0.15) is 21.7 Å². The molecule has 0 spiro atoms. The molecule has 112 valence electrons. The molecule has 0 bridgehead atoms. The number of hydrogen-bond donors (Lipinski definition) is 0. The zero-order valence-corrected chi connectivity index (χ0v) is 11.0. The van der Waals surface area contributed by atoms with Crippen LogP contribution in [-0.2, 0) is 10.9 Å². The van der Waals surface area contributed by atoms with E-state index in [1.807, 2.05) is 0 Å². The molecule has 0 saturated carbocycles. The highest BCUT2D eigenvalue weighted by molar-refractivity contribution is 5.89. The summed E-state index contributed by atoms with van der Waals surface area (Å²) in [6.07, 6.45) is -4.61. The molecule has 0 saturated heterocycles. The number of esters is 1. The lowest BCUT2D eigenvalue weighted by molar-refractivity contribution is -0.141. The van der Waals surface area contributed by atoms with Gasteiger partial charge >= 0.3 is 12.1 Å². The fraction of sp³-hybridized carbons (Fsp3) is 0.231. The number of hydrogen-bond acceptors (Lipinski definition) is 3. The summed E-state index contributed by atoms with van der Waals surface area (Å²) >= 11 is 0. The minimum absolute atomic E-state index is 0.0420. The molecule has 1 aromatic heterocycles. The van der Waals surface area contributed by atoms with Crippen molar-refractivity contribution in [3.8, 4) is 5.69 Å². The number of carbonyl (C=O) groups is 1. The molecule has 0 aliphatic heterocycles. The van der Waals surface area contributed by atoms with Gasteiger partial charge in [0.05, 0.1) is 12.7 Å². The maximum Gasteiger partial charge on any atom is 0.435 e. The number of aryl methyl sites for hydroxylation is 1. The van der Waals surface area contributed by atoms with E-state index in [1.54, 1.807) is 0 Å². The van der Waals surface area contributed by atoms with E-state index < -0.39 is 23.7 Å². The van der Waals surface area contributed by atoms with Crippen molar-refractivity contribution in [3.05, 3.63) is 47.0 Å². The molecule has 4 nitrogen and oxygen atoms in total. The summed E-state index contributed by atoms with van der Waals surface area (Å²) in [4.78, 5) is 11.3. The van der Waals surface area contributed by atoms with Gasteiger partial charge in [0.2, 0.25) is 0 Å². The number of nitrogens with zero attached hydrogens (tertiary/aromatic N) is 2. The number of carbonyl (C=O) groups excluding carboxylic acids is 1. The van der Waals surface area contributed by atoms with Crippen molar-refractivity contribution < 1.29 is 27.1 Å². The smallest absolute Gasteiger partial charge is 0.435 e. The van der Waals surface area contributed by atoms with Crippen molar-refractivity contribution in [1.29, 1.82) is 0 Å². The number of aromatic nitrogens is 2. The van der Waals surface area contributed by atoms with Gasteiger partial charge in [-0.25, -0.2) is 13.9 Å². The van der Waals surface area contributed by atoms with Crippen LogP contribution in [-0.4, -0.2) is 22.9 Å². The van der Waals surface area contributed by atoms with Crippen molar-refractivity contribution in [2.45, 2.75) is 13.1 Å². The van der Waals surface area contributed by atoms with E-state index in [0.29, 0.717) is 0 Å². The molecule has 2 rings (SSSR count). The molecule has 0 aliphatic rings. The summed E-state index contributed by atoms with van der Waals surface area (Å²) < 4.78 is 57.0. The van der Waals surface area contributed by atoms with Crippen LogP contribution in [0.15, 0.2) is 24.3 Å². The van der Waals surface area contributed by atoms with E-state index in [-0.39, 0.29) is 16.9 Å². The Balaban J connectivity index is 2.48. The Kier molecular flexibility index (Phi) is 3.71. The number of benzene rings is 1. The van der Waals surface area contributed by atoms with Crippen molar-refractivity contribution in [3.63, 3.8) is 0 Å². The fourth-order valence-corrected chi connectivity index (χ4v) is 1.78. The number of rotatable bonds is 2. The van der Waals surface area contributed by atoms with Crippen LogP contribution in [0.4, 0.5) is 17.6 Å². The van der Waals surface area contributed by atoms with E-state index >= 15 is 0 Å². The van der Waals surface area contributed by atoms with Gasteiger partial charge in [-0.15, -0.1) is 0 Å². The Labute approximate surface area is 116 Å². The molecule has 0 fully saturated rings. The normalized spacial score (nSPS) is 11.5. The van der Waals surface area contributed by atoms with Gasteiger partial charge in [0.15, 0.2) is 5.69 Å². The highest BCUT2D eigenvalue weighted by atomic mass is 19.4. The molecule has 0 N–H and O–H groups in total. The topological polar surface area (TPSA) is 44.1 Å². The maximum atomic E-state index is 14.0. The molecule has 21 heavy (non-hydrogen) atoms. The number of methoxy groups -OCH3 is 1. The standard InChI is InChI=1S/C13H10F4N2O2/c1-7-5-11(13(15,16)17)18-19(7)10-4-3-8(6-9(10)14)12(20)21-2/h3-6H,1-2H3. The predicted molar refractivity (Wildman–Crippen MR) is 64.6 cm³/mol. The van der Waals surface area contributed by atoms with Crippen LogP contribution in [0.5, 0.6) is 0 Å². The van der Waals surface area contributed by atoms with Gasteiger partial charge in [-0.2, -0.15) is 18.3 Å². The zero-order chi connectivity index (χ0) is 15.8. The van der Waals surface area contributed by atoms with Crippen LogP contribution >= 0.6 is 0 Å². The lowest BCUT2D eigenvalue weighted by atomic mass is 10.2. The summed E-state index contributed by atoms with van der Waals surface area (Å²) in [6.45, 7) is 1.37. The molecule has 2 aromatic rings. The molecule has 1 heterocycles. The quantitative estimate of drug-likeness (QED) is 0.632. The van der Waals surface area contributed by atoms with Gasteiger partial charge in [-0.1, -0.05) is 0 Å². The van der Waals surface area contributed by atoms with Gasteiger partial charge in [0.1, 0.15) is 11.5 Å². The number of alkyl halides is 3. The maximum absolute atomic E-state index is 14.0. The predicted octanol–water partition coefficient (Wildman–Crippen LogP) is 3.13. The monoisotopic (exact) mass is 302 g/mol. The number of halogens is 4. The first-order chi connectivity index (χ1) is 9.74. The third-order valence-electron chi connectivity index (χ3n) is 2.77. The Morgan fingerprint density at radius 3 is 2.43 bits per heavy atom. The largest absolute Gasteiger partial charge is 0.465 e. The highest BCUT2D eigenvalue weighted by Crippen LogP contribution is 2.29. The van der Waals surface area contributed by atoms with Crippen molar-refractivity contribution in [1.82, 2.24) is 9.78 Å². The van der Waals surface area contributed by atoms with Gasteiger partial charge < -0.3 is 4.74 Å². The van der Waals surface area contributed by atoms with Crippen LogP contribution in [0.3, 0.4) is 0 Å². The number of ether oxygens (including phenoxy) is 1. The summed E-state index contributed by atoms with van der Waals surface area (Å²) in [6, 6.07) is 4.11. The first-order valence-electron chi connectivity index (χ1n) is 5.76. The van der Waals surface area contributed by atoms with E-state index in [0.717, 1.165) is 23.9 Å². The van der Waals surface area contributed by atoms with Crippen LogP contribution in [0, 0.1) is 12.7 Å². The molecule has 8 heteroatoms. The lowest BCUT2D eigenvalue weighted by Gasteiger charge is -2.07. The zero-order valence-electron chi connectivity index (χ0n) is 11.0. The third-order valence-corrected chi connectivity index (χ3v) is 2.77. The average molecular weight is 302 g/mol. The minimum Gasteiger partial charge on any atom is -0.465 e. The summed E-state index contributed by atoms with van der Waals surface area (Å²) in [5, 5.41) is 3.34. The SMILES string of the molecule is COC(=O)c1ccc(-n2nc(C(F)(F)F)cc2C)c(F)c1. The van der Waals surface area contributed by atoms with Gasteiger partial charge in [-0.3, -0.25) is 0 Å². The van der Waals surface area contributed by atoms with Gasteiger partial charge in [0, 0.05) is 5.69 Å². The minimum atomic E-state index is -4.61. The van der Waals surface area contributed by atoms with Crippen molar-refractivity contribution in [2.75, 3.05) is 7.11 Å². The second-order valence-corrected chi connectivity index (χ2v) is 4.24. The van der Waals surface area contributed by atoms with E-state index in [4.69, 9.17) is 0 Å². The van der Waals surface area contributed by atoms with Gasteiger partial charge in [-0.05, 0) is 31.2 Å². The summed E-state index contributed by atoms with van der Waals surface area (Å²) in [5.74, 6) is -1.62. The molecule has 0 aliphatic carbocycles. The molecule has 1 aromatic carbocycles. The Bertz CT molecular complexity index is 692. The summed E-state index contributed by atoms with van der Waals surface area (Å²) in [7, 11) is 1.14. The Hall–Kier alpha value is -2.38. The summed E-state index contributed by atoms with van der Waals surface area (Å²) in [5.41, 5.74) is -1.22. The van der Waals surface area contributed by atoms with E-state index in [2.05, 4.69) is 9.84 Å². The van der Waals surface area contributed by atoms with E-state index in [1.165, 1.54) is 19.1 Å². The molecular weight excluding hydrogens is 292 g/mol. The Morgan fingerprint density at radius 1 is 1.29 bits per heavy atom. The van der Waals surface area contributed by atoms with Crippen molar-refractivity contribution in [2.24, 2.45) is 0 Å². The molecular formula is C13H10F4N2O2. The van der Waals surface area contributed by atoms with E-state index in [9.17, 15) is 22.4 Å². The molecule has 0 amide bonds. The average Bonchev–Trinajstić information content (AvgIpc) is 2.79. The fourth-order valence-electron chi connectivity index (χ4n) is 1.78. The second kappa shape index (κ2) is 5.19. The van der Waals surface area contributed by atoms with Crippen LogP contribution in [0.2, 0.25) is 0 Å². The first kappa shape index (κ1) is 15.0. The second-order valence-electron chi connectivity index (χ2n) is 4.24. The third kappa shape index (κ3) is 2.88. The van der Waals surface area contributed by atoms with Gasteiger partial charge in [0.25, 0.3) is 0 Å². The first-order valence-corrected chi connectivity index (χ1v) is 5.76. The molecule has 0 radical (unpaired) electrons. The Morgan fingerprint density at radius 2 is 1.95 bits per heavy atom. The molecule has 0 atom stereocenters. The van der Waals surface area contributed by atoms with Crippen LogP contribution < -0.4 is 0 Å². The highest BCUT2D eigenvalue weighted by Gasteiger charge is 2.34. The van der Waals surface area contributed by atoms with Crippen molar-refractivity contribution >= 4 is 5.97 Å². The molecule has 0 unspecified atom stereocenters. The lowest BCUT2D eigenvalue weighted by Crippen LogP contribution is -2.09.